The second-order valence-corrected chi connectivity index (χ2v) is 6.41. The van der Waals surface area contributed by atoms with Gasteiger partial charge >= 0.3 is 6.61 Å². The minimum atomic E-state index is -2.87. The molecule has 0 aliphatic heterocycles. The molecular weight excluding hydrogens is 378 g/mol. The number of hydrogen-bond acceptors (Lipinski definition) is 4. The van der Waals surface area contributed by atoms with Crippen molar-refractivity contribution in [3.63, 3.8) is 0 Å². The Labute approximate surface area is 167 Å². The molecule has 0 fully saturated rings. The lowest BCUT2D eigenvalue weighted by Gasteiger charge is -2.13. The number of aliphatic imine (C=N–C) groups is 1. The van der Waals surface area contributed by atoms with E-state index in [-0.39, 0.29) is 12.3 Å². The average Bonchev–Trinajstić information content (AvgIpc) is 3.11. The van der Waals surface area contributed by atoms with Crippen LogP contribution in [0.15, 0.2) is 47.6 Å². The Hall–Kier alpha value is -3.23. The van der Waals surface area contributed by atoms with Crippen LogP contribution in [0.5, 0.6) is 5.75 Å². The van der Waals surface area contributed by atoms with Gasteiger partial charge in [0.2, 0.25) is 0 Å². The van der Waals surface area contributed by atoms with Crippen LogP contribution in [0.4, 0.5) is 8.78 Å². The molecule has 7 nitrogen and oxygen atoms in total. The molecule has 29 heavy (non-hydrogen) atoms. The van der Waals surface area contributed by atoms with Crippen LogP contribution in [-0.4, -0.2) is 40.3 Å². The van der Waals surface area contributed by atoms with Gasteiger partial charge in [-0.25, -0.2) is 4.99 Å². The van der Waals surface area contributed by atoms with Gasteiger partial charge in [-0.3, -0.25) is 4.40 Å². The highest BCUT2D eigenvalue weighted by molar-refractivity contribution is 5.79. The van der Waals surface area contributed by atoms with E-state index in [0.29, 0.717) is 31.0 Å². The molecule has 0 spiro atoms. The average molecular weight is 402 g/mol. The zero-order valence-corrected chi connectivity index (χ0v) is 16.4. The number of fused-ring (bicyclic) bond motifs is 1. The first-order chi connectivity index (χ1) is 14.1. The molecule has 154 valence electrons. The lowest BCUT2D eigenvalue weighted by Crippen LogP contribution is -2.38. The third kappa shape index (κ3) is 5.63. The van der Waals surface area contributed by atoms with E-state index >= 15 is 0 Å². The molecule has 0 amide bonds. The summed E-state index contributed by atoms with van der Waals surface area (Å²) in [7, 11) is 0. The van der Waals surface area contributed by atoms with Crippen LogP contribution in [0, 0.1) is 6.92 Å². The van der Waals surface area contributed by atoms with E-state index in [1.807, 2.05) is 42.6 Å². The first-order valence-corrected chi connectivity index (χ1v) is 9.42. The number of hydrogen-bond donors (Lipinski definition) is 2. The highest BCUT2D eigenvalue weighted by Gasteiger charge is 2.10. The Balaban J connectivity index is 1.65. The highest BCUT2D eigenvalue weighted by atomic mass is 19.3. The summed E-state index contributed by atoms with van der Waals surface area (Å²) in [5.41, 5.74) is 2.36. The van der Waals surface area contributed by atoms with E-state index in [9.17, 15) is 8.78 Å². The largest absolute Gasteiger partial charge is 0.434 e. The minimum Gasteiger partial charge on any atom is -0.434 e. The number of nitrogens with zero attached hydrogens (tertiary/aromatic N) is 4. The summed E-state index contributed by atoms with van der Waals surface area (Å²) in [6, 6.07) is 10.8. The Bertz CT molecular complexity index is 973. The number of halogens is 2. The summed E-state index contributed by atoms with van der Waals surface area (Å²) in [5.74, 6) is 1.57. The van der Waals surface area contributed by atoms with Crippen LogP contribution < -0.4 is 15.4 Å². The van der Waals surface area contributed by atoms with E-state index in [0.717, 1.165) is 17.0 Å². The van der Waals surface area contributed by atoms with Gasteiger partial charge in [0, 0.05) is 31.3 Å². The molecule has 3 aromatic rings. The van der Waals surface area contributed by atoms with Crippen LogP contribution in [0.3, 0.4) is 0 Å². The van der Waals surface area contributed by atoms with Crippen molar-refractivity contribution in [2.24, 2.45) is 4.99 Å². The molecule has 2 aromatic heterocycles. The van der Waals surface area contributed by atoms with E-state index < -0.39 is 6.61 Å². The zero-order valence-electron chi connectivity index (χ0n) is 16.4. The maximum absolute atomic E-state index is 12.6. The molecule has 2 N–H and O–H groups in total. The van der Waals surface area contributed by atoms with E-state index in [2.05, 4.69) is 30.6 Å². The molecule has 0 saturated carbocycles. The van der Waals surface area contributed by atoms with Crippen LogP contribution in [0.2, 0.25) is 0 Å². The Kier molecular flexibility index (Phi) is 6.94. The first-order valence-electron chi connectivity index (χ1n) is 9.42. The van der Waals surface area contributed by atoms with Crippen molar-refractivity contribution >= 4 is 11.6 Å². The molecular formula is C20H24F2N6O. The molecule has 2 heterocycles. The summed E-state index contributed by atoms with van der Waals surface area (Å²) >= 11 is 0. The quantitative estimate of drug-likeness (QED) is 0.448. The molecule has 0 saturated heterocycles. The van der Waals surface area contributed by atoms with Gasteiger partial charge in [0.05, 0.1) is 6.54 Å². The van der Waals surface area contributed by atoms with Gasteiger partial charge in [0.1, 0.15) is 11.6 Å². The lowest BCUT2D eigenvalue weighted by atomic mass is 10.1. The van der Waals surface area contributed by atoms with Gasteiger partial charge in [-0.15, -0.1) is 10.2 Å². The van der Waals surface area contributed by atoms with Gasteiger partial charge in [-0.05, 0) is 32.0 Å². The molecule has 0 radical (unpaired) electrons. The third-order valence-electron chi connectivity index (χ3n) is 4.21. The predicted octanol–water partition coefficient (Wildman–Crippen LogP) is 2.94. The summed E-state index contributed by atoms with van der Waals surface area (Å²) in [6.45, 7) is 2.47. The van der Waals surface area contributed by atoms with Crippen molar-refractivity contribution < 1.29 is 13.5 Å². The number of aryl methyl sites for hydroxylation is 1. The fourth-order valence-electron chi connectivity index (χ4n) is 2.90. The van der Waals surface area contributed by atoms with Crippen LogP contribution >= 0.6 is 0 Å². The summed E-state index contributed by atoms with van der Waals surface area (Å²) in [5, 5.41) is 14.7. The van der Waals surface area contributed by atoms with Gasteiger partial charge < -0.3 is 15.4 Å². The molecule has 0 bridgehead atoms. The first kappa shape index (κ1) is 20.5. The predicted molar refractivity (Wildman–Crippen MR) is 107 cm³/mol. The standard InChI is InChI=1S/C20H24F2N6O/c1-3-23-20(24-10-9-18-27-26-17-6-4-5-11-28(17)18)25-13-15-12-14(2)7-8-16(15)29-19(21)22/h4-8,11-12,19H,3,9-10,13H2,1-2H3,(H2,23,24,25). The van der Waals surface area contributed by atoms with E-state index in [1.165, 1.54) is 0 Å². The summed E-state index contributed by atoms with van der Waals surface area (Å²) in [6.07, 6.45) is 2.58. The number of alkyl halides is 2. The zero-order chi connectivity index (χ0) is 20.6. The number of pyridine rings is 1. The second-order valence-electron chi connectivity index (χ2n) is 6.41. The topological polar surface area (TPSA) is 75.8 Å². The summed E-state index contributed by atoms with van der Waals surface area (Å²) < 4.78 is 31.8. The fourth-order valence-corrected chi connectivity index (χ4v) is 2.90. The SMILES string of the molecule is CCNC(=NCc1cc(C)ccc1OC(F)F)NCCc1nnc2ccccn12. The molecule has 9 heteroatoms. The molecule has 0 aliphatic rings. The van der Waals surface area contributed by atoms with Crippen LogP contribution in [0.1, 0.15) is 23.9 Å². The number of guanidine groups is 1. The van der Waals surface area contributed by atoms with Crippen molar-refractivity contribution in [3.05, 3.63) is 59.5 Å². The van der Waals surface area contributed by atoms with Crippen molar-refractivity contribution in [1.29, 1.82) is 0 Å². The van der Waals surface area contributed by atoms with Crippen LogP contribution in [0.25, 0.3) is 5.65 Å². The number of ether oxygens (including phenoxy) is 1. The maximum Gasteiger partial charge on any atom is 0.387 e. The number of aromatic nitrogens is 3. The van der Waals surface area contributed by atoms with Crippen molar-refractivity contribution in [2.45, 2.75) is 33.4 Å². The molecule has 0 aliphatic carbocycles. The van der Waals surface area contributed by atoms with Crippen molar-refractivity contribution in [2.75, 3.05) is 13.1 Å². The Morgan fingerprint density at radius 2 is 2.07 bits per heavy atom. The smallest absolute Gasteiger partial charge is 0.387 e. The molecule has 0 unspecified atom stereocenters. The number of benzene rings is 1. The van der Waals surface area contributed by atoms with Gasteiger partial charge in [0.15, 0.2) is 11.6 Å². The van der Waals surface area contributed by atoms with Crippen LogP contribution in [-0.2, 0) is 13.0 Å². The van der Waals surface area contributed by atoms with Gasteiger partial charge in [-0.1, -0.05) is 23.8 Å². The lowest BCUT2D eigenvalue weighted by molar-refractivity contribution is -0.0504. The van der Waals surface area contributed by atoms with E-state index in [4.69, 9.17) is 0 Å². The molecule has 0 atom stereocenters. The fraction of sp³-hybridized carbons (Fsp3) is 0.350. The van der Waals surface area contributed by atoms with Crippen molar-refractivity contribution in [3.8, 4) is 5.75 Å². The normalized spacial score (nSPS) is 11.8. The number of nitrogens with one attached hydrogen (secondary N) is 2. The highest BCUT2D eigenvalue weighted by Crippen LogP contribution is 2.22. The third-order valence-corrected chi connectivity index (χ3v) is 4.21. The Morgan fingerprint density at radius 1 is 1.21 bits per heavy atom. The minimum absolute atomic E-state index is 0.139. The van der Waals surface area contributed by atoms with E-state index in [1.54, 1.807) is 18.2 Å². The van der Waals surface area contributed by atoms with Crippen molar-refractivity contribution in [1.82, 2.24) is 25.2 Å². The Morgan fingerprint density at radius 3 is 2.86 bits per heavy atom. The maximum atomic E-state index is 12.6. The molecule has 3 rings (SSSR count). The number of rotatable bonds is 8. The second kappa shape index (κ2) is 9.81. The summed E-state index contributed by atoms with van der Waals surface area (Å²) in [4.78, 5) is 4.50. The van der Waals surface area contributed by atoms with Gasteiger partial charge in [-0.2, -0.15) is 8.78 Å². The monoisotopic (exact) mass is 402 g/mol. The molecule has 1 aromatic carbocycles. The van der Waals surface area contributed by atoms with Gasteiger partial charge in [0.25, 0.3) is 0 Å².